The van der Waals surface area contributed by atoms with Crippen LogP contribution in [0.25, 0.3) is 33.2 Å². The fourth-order valence-electron chi connectivity index (χ4n) is 3.82. The van der Waals surface area contributed by atoms with Gasteiger partial charge in [0.25, 0.3) is 0 Å². The van der Waals surface area contributed by atoms with Crippen LogP contribution in [0.3, 0.4) is 0 Å². The Hall–Kier alpha value is -2.88. The molecule has 0 fully saturated rings. The van der Waals surface area contributed by atoms with Gasteiger partial charge < -0.3 is 0 Å². The molecule has 0 spiro atoms. The second-order valence-corrected chi connectivity index (χ2v) is 8.16. The molecule has 0 N–H and O–H groups in total. The molecule has 2 aromatic heterocycles. The van der Waals surface area contributed by atoms with Crippen LogP contribution in [-0.2, 0) is 0 Å². The van der Waals surface area contributed by atoms with E-state index in [2.05, 4.69) is 81.8 Å². The lowest BCUT2D eigenvalue weighted by atomic mass is 9.98. The lowest BCUT2D eigenvalue weighted by molar-refractivity contribution is 0.827. The lowest BCUT2D eigenvalue weighted by Crippen LogP contribution is -2.02. The van der Waals surface area contributed by atoms with Crippen molar-refractivity contribution in [2.75, 3.05) is 0 Å². The van der Waals surface area contributed by atoms with Crippen LogP contribution in [0.1, 0.15) is 62.0 Å². The average Bonchev–Trinajstić information content (AvgIpc) is 2.66. The minimum atomic E-state index is 0.322. The van der Waals surface area contributed by atoms with Crippen molar-refractivity contribution in [3.63, 3.8) is 0 Å². The fraction of sp³-hybridized carbons (Fsp3) is 0.333. The van der Waals surface area contributed by atoms with Gasteiger partial charge in [0.15, 0.2) is 5.82 Å². The van der Waals surface area contributed by atoms with Gasteiger partial charge in [-0.3, -0.25) is 0 Å². The third kappa shape index (κ3) is 3.03. The summed E-state index contributed by atoms with van der Waals surface area (Å²) < 4.78 is 0. The first-order valence-corrected chi connectivity index (χ1v) is 9.89. The quantitative estimate of drug-likeness (QED) is 0.437. The van der Waals surface area contributed by atoms with Crippen molar-refractivity contribution < 1.29 is 0 Å². The number of fused-ring (bicyclic) bond motifs is 2. The summed E-state index contributed by atoms with van der Waals surface area (Å²) in [4.78, 5) is 19.0. The van der Waals surface area contributed by atoms with Gasteiger partial charge in [-0.05, 0) is 42.9 Å². The van der Waals surface area contributed by atoms with Crippen LogP contribution in [0.15, 0.2) is 36.7 Å². The standard InChI is InChI=1S/C24H26N4/c1-13(2)21-19-10-9-17(16(6)23(19)26-12-25-21)24-27-20-11-15(5)7-8-18(20)22(28-24)14(3)4/h7-14H,1-6H3. The summed E-state index contributed by atoms with van der Waals surface area (Å²) in [6, 6.07) is 10.6. The molecule has 4 nitrogen and oxygen atoms in total. The molecule has 0 aliphatic carbocycles. The molecule has 0 unspecified atom stereocenters. The summed E-state index contributed by atoms with van der Waals surface area (Å²) in [6.45, 7) is 12.9. The molecular formula is C24H26N4. The first-order valence-electron chi connectivity index (χ1n) is 9.89. The molecule has 0 aliphatic rings. The Kier molecular flexibility index (Phi) is 4.58. The van der Waals surface area contributed by atoms with E-state index in [1.165, 1.54) is 5.56 Å². The Morgan fingerprint density at radius 3 is 2.18 bits per heavy atom. The molecule has 2 aromatic carbocycles. The van der Waals surface area contributed by atoms with E-state index >= 15 is 0 Å². The van der Waals surface area contributed by atoms with Gasteiger partial charge in [0.2, 0.25) is 0 Å². The summed E-state index contributed by atoms with van der Waals surface area (Å²) in [6.07, 6.45) is 1.67. The van der Waals surface area contributed by atoms with Gasteiger partial charge in [-0.2, -0.15) is 0 Å². The first-order chi connectivity index (χ1) is 13.4. The van der Waals surface area contributed by atoms with Crippen molar-refractivity contribution in [2.45, 2.75) is 53.4 Å². The lowest BCUT2D eigenvalue weighted by Gasteiger charge is -2.15. The van der Waals surface area contributed by atoms with Crippen molar-refractivity contribution in [1.29, 1.82) is 0 Å². The van der Waals surface area contributed by atoms with Crippen molar-refractivity contribution >= 4 is 21.8 Å². The Morgan fingerprint density at radius 1 is 0.750 bits per heavy atom. The Bertz CT molecular complexity index is 1190. The highest BCUT2D eigenvalue weighted by Gasteiger charge is 2.17. The molecular weight excluding hydrogens is 344 g/mol. The minimum absolute atomic E-state index is 0.322. The normalized spacial score (nSPS) is 11.9. The van der Waals surface area contributed by atoms with Crippen molar-refractivity contribution in [3.8, 4) is 11.4 Å². The van der Waals surface area contributed by atoms with Gasteiger partial charge in [0.05, 0.1) is 22.4 Å². The number of hydrogen-bond acceptors (Lipinski definition) is 4. The van der Waals surface area contributed by atoms with E-state index < -0.39 is 0 Å². The Morgan fingerprint density at radius 2 is 1.46 bits per heavy atom. The Balaban J connectivity index is 2.00. The molecule has 0 aliphatic heterocycles. The second kappa shape index (κ2) is 6.93. The van der Waals surface area contributed by atoms with E-state index in [-0.39, 0.29) is 0 Å². The molecule has 4 heteroatoms. The zero-order valence-corrected chi connectivity index (χ0v) is 17.4. The SMILES string of the molecule is Cc1ccc2c(C(C)C)nc(-c3ccc4c(C(C)C)ncnc4c3C)nc2c1. The summed E-state index contributed by atoms with van der Waals surface area (Å²) in [7, 11) is 0. The van der Waals surface area contributed by atoms with Crippen LogP contribution < -0.4 is 0 Å². The summed E-state index contributed by atoms with van der Waals surface area (Å²) >= 11 is 0. The van der Waals surface area contributed by atoms with E-state index in [0.29, 0.717) is 11.8 Å². The van der Waals surface area contributed by atoms with Gasteiger partial charge in [-0.1, -0.05) is 52.0 Å². The topological polar surface area (TPSA) is 51.6 Å². The monoisotopic (exact) mass is 370 g/mol. The maximum atomic E-state index is 4.97. The number of benzene rings is 2. The summed E-state index contributed by atoms with van der Waals surface area (Å²) in [5.41, 5.74) is 7.49. The van der Waals surface area contributed by atoms with E-state index in [1.54, 1.807) is 6.33 Å². The molecule has 0 saturated carbocycles. The third-order valence-electron chi connectivity index (χ3n) is 5.31. The maximum Gasteiger partial charge on any atom is 0.160 e. The molecule has 2 heterocycles. The molecule has 0 atom stereocenters. The molecule has 0 saturated heterocycles. The molecule has 0 amide bonds. The fourth-order valence-corrected chi connectivity index (χ4v) is 3.82. The van der Waals surface area contributed by atoms with Crippen LogP contribution >= 0.6 is 0 Å². The zero-order valence-electron chi connectivity index (χ0n) is 17.4. The van der Waals surface area contributed by atoms with Crippen LogP contribution in [0.4, 0.5) is 0 Å². The average molecular weight is 371 g/mol. The minimum Gasteiger partial charge on any atom is -0.240 e. The summed E-state index contributed by atoms with van der Waals surface area (Å²) in [5.74, 6) is 1.44. The van der Waals surface area contributed by atoms with Crippen molar-refractivity contribution in [3.05, 3.63) is 59.2 Å². The molecule has 4 rings (SSSR count). The van der Waals surface area contributed by atoms with Crippen molar-refractivity contribution in [1.82, 2.24) is 19.9 Å². The van der Waals surface area contributed by atoms with Gasteiger partial charge in [-0.15, -0.1) is 0 Å². The van der Waals surface area contributed by atoms with Gasteiger partial charge >= 0.3 is 0 Å². The first kappa shape index (κ1) is 18.5. The molecule has 28 heavy (non-hydrogen) atoms. The second-order valence-electron chi connectivity index (χ2n) is 8.16. The number of aromatic nitrogens is 4. The number of rotatable bonds is 3. The van der Waals surface area contributed by atoms with Gasteiger partial charge in [0, 0.05) is 16.3 Å². The number of hydrogen-bond donors (Lipinski definition) is 0. The summed E-state index contributed by atoms with van der Waals surface area (Å²) in [5, 5.41) is 2.24. The molecule has 4 aromatic rings. The Labute approximate surface area is 166 Å². The van der Waals surface area contributed by atoms with E-state index in [9.17, 15) is 0 Å². The molecule has 0 radical (unpaired) electrons. The highest BCUT2D eigenvalue weighted by atomic mass is 14.9. The highest BCUT2D eigenvalue weighted by Crippen LogP contribution is 2.32. The number of nitrogens with zero attached hydrogens (tertiary/aromatic N) is 4. The van der Waals surface area contributed by atoms with Gasteiger partial charge in [-0.25, -0.2) is 19.9 Å². The van der Waals surface area contributed by atoms with Crippen molar-refractivity contribution in [2.24, 2.45) is 0 Å². The van der Waals surface area contributed by atoms with Crippen LogP contribution in [-0.4, -0.2) is 19.9 Å². The maximum absolute atomic E-state index is 4.97. The smallest absolute Gasteiger partial charge is 0.160 e. The predicted octanol–water partition coefficient (Wildman–Crippen LogP) is 6.10. The van der Waals surface area contributed by atoms with Crippen LogP contribution in [0.5, 0.6) is 0 Å². The zero-order chi connectivity index (χ0) is 20.0. The largest absolute Gasteiger partial charge is 0.240 e. The third-order valence-corrected chi connectivity index (χ3v) is 5.31. The van der Waals surface area contributed by atoms with E-state index in [0.717, 1.165) is 50.1 Å². The van der Waals surface area contributed by atoms with E-state index in [4.69, 9.17) is 9.97 Å². The van der Waals surface area contributed by atoms with Gasteiger partial charge in [0.1, 0.15) is 6.33 Å². The number of aryl methyl sites for hydroxylation is 2. The van der Waals surface area contributed by atoms with Crippen LogP contribution in [0, 0.1) is 13.8 Å². The predicted molar refractivity (Wildman–Crippen MR) is 116 cm³/mol. The molecule has 142 valence electrons. The van der Waals surface area contributed by atoms with E-state index in [1.807, 2.05) is 0 Å². The molecule has 0 bridgehead atoms. The van der Waals surface area contributed by atoms with Crippen LogP contribution in [0.2, 0.25) is 0 Å². The highest BCUT2D eigenvalue weighted by molar-refractivity contribution is 5.90.